The molecule has 0 unspecified atom stereocenters. The molecule has 0 atom stereocenters. The Balaban J connectivity index is 2.14. The smallest absolute Gasteiger partial charge is 0.276 e. The van der Waals surface area contributed by atoms with Crippen LogP contribution >= 0.6 is 0 Å². The van der Waals surface area contributed by atoms with Crippen molar-refractivity contribution in [2.24, 2.45) is 10.5 Å². The lowest BCUT2D eigenvalue weighted by Gasteiger charge is -2.29. The molecule has 0 amide bonds. The fourth-order valence-corrected chi connectivity index (χ4v) is 3.51. The molecule has 1 saturated carbocycles. The monoisotopic (exact) mass is 322 g/mol. The molecule has 1 aliphatic rings. The number of nitrogens with one attached hydrogen (secondary N) is 1. The molecule has 0 aromatic heterocycles. The van der Waals surface area contributed by atoms with Crippen molar-refractivity contribution in [2.75, 3.05) is 0 Å². The molecule has 0 saturated heterocycles. The molecule has 0 aliphatic heterocycles. The number of sulfonamides is 1. The van der Waals surface area contributed by atoms with E-state index in [0.717, 1.165) is 12.0 Å². The largest absolute Gasteiger partial charge is 0.299 e. The molecular formula is C16H22N2O3S. The number of aryl methyl sites for hydroxylation is 1. The minimum atomic E-state index is -3.69. The van der Waals surface area contributed by atoms with Crippen LogP contribution in [0.5, 0.6) is 0 Å². The number of rotatable bonds is 4. The summed E-state index contributed by atoms with van der Waals surface area (Å²) in [7, 11) is -3.69. The molecule has 0 radical (unpaired) electrons. The van der Waals surface area contributed by atoms with Crippen LogP contribution in [0.2, 0.25) is 0 Å². The Hall–Kier alpha value is -1.69. The maximum atomic E-state index is 12.2. The first-order valence-electron chi connectivity index (χ1n) is 7.40. The van der Waals surface area contributed by atoms with E-state index in [1.54, 1.807) is 24.3 Å². The van der Waals surface area contributed by atoms with Crippen LogP contribution in [0.3, 0.4) is 0 Å². The van der Waals surface area contributed by atoms with E-state index in [0.29, 0.717) is 18.6 Å². The van der Waals surface area contributed by atoms with Gasteiger partial charge in [-0.15, -0.1) is 0 Å². The zero-order valence-corrected chi connectivity index (χ0v) is 14.0. The maximum absolute atomic E-state index is 12.2. The number of Topliss-reactive ketones (excluding diaryl/α,β-unsaturated/α-hetero) is 1. The summed E-state index contributed by atoms with van der Waals surface area (Å²) in [6.07, 6.45) is 2.21. The molecule has 1 aliphatic carbocycles. The average Bonchev–Trinajstić information content (AvgIpc) is 2.43. The van der Waals surface area contributed by atoms with Crippen LogP contribution < -0.4 is 4.83 Å². The summed E-state index contributed by atoms with van der Waals surface area (Å²) in [5.41, 5.74) is 1.50. The summed E-state index contributed by atoms with van der Waals surface area (Å²) in [5, 5.41) is 3.98. The Morgan fingerprint density at radius 3 is 2.36 bits per heavy atom. The van der Waals surface area contributed by atoms with Gasteiger partial charge in [-0.3, -0.25) is 4.79 Å². The quantitative estimate of drug-likeness (QED) is 0.866. The molecule has 0 bridgehead atoms. The van der Waals surface area contributed by atoms with Crippen molar-refractivity contribution >= 4 is 21.5 Å². The van der Waals surface area contributed by atoms with Crippen LogP contribution in [0.15, 0.2) is 34.3 Å². The Kier molecular flexibility index (Phi) is 4.70. The average molecular weight is 322 g/mol. The molecule has 1 aromatic rings. The highest BCUT2D eigenvalue weighted by Gasteiger charge is 2.30. The molecule has 5 nitrogen and oxygen atoms in total. The van der Waals surface area contributed by atoms with E-state index in [1.165, 1.54) is 0 Å². The van der Waals surface area contributed by atoms with E-state index < -0.39 is 10.0 Å². The van der Waals surface area contributed by atoms with E-state index in [-0.39, 0.29) is 22.5 Å². The van der Waals surface area contributed by atoms with E-state index in [2.05, 4.69) is 9.93 Å². The molecule has 6 heteroatoms. The minimum Gasteiger partial charge on any atom is -0.299 e. The van der Waals surface area contributed by atoms with Gasteiger partial charge in [0.25, 0.3) is 10.0 Å². The number of benzene rings is 1. The molecular weight excluding hydrogens is 300 g/mol. The molecule has 120 valence electrons. The lowest BCUT2D eigenvalue weighted by atomic mass is 9.76. The van der Waals surface area contributed by atoms with Crippen molar-refractivity contribution in [3.8, 4) is 0 Å². The number of hydrazone groups is 1. The fraction of sp³-hybridized carbons (Fsp3) is 0.500. The van der Waals surface area contributed by atoms with Gasteiger partial charge in [0.2, 0.25) is 0 Å². The number of hydrogen-bond acceptors (Lipinski definition) is 4. The first kappa shape index (κ1) is 16.7. The number of ketones is 1. The van der Waals surface area contributed by atoms with E-state index >= 15 is 0 Å². The second kappa shape index (κ2) is 6.20. The van der Waals surface area contributed by atoms with Crippen LogP contribution in [0.4, 0.5) is 0 Å². The zero-order chi connectivity index (χ0) is 16.4. The van der Waals surface area contributed by atoms with Crippen molar-refractivity contribution in [1.82, 2.24) is 4.83 Å². The highest BCUT2D eigenvalue weighted by atomic mass is 32.2. The van der Waals surface area contributed by atoms with Crippen molar-refractivity contribution in [3.63, 3.8) is 0 Å². The first-order chi connectivity index (χ1) is 10.2. The highest BCUT2D eigenvalue weighted by Crippen LogP contribution is 2.31. The predicted molar refractivity (Wildman–Crippen MR) is 86.2 cm³/mol. The van der Waals surface area contributed by atoms with Crippen molar-refractivity contribution < 1.29 is 13.2 Å². The molecule has 0 heterocycles. The van der Waals surface area contributed by atoms with Gasteiger partial charge in [0.1, 0.15) is 5.78 Å². The summed E-state index contributed by atoms with van der Waals surface area (Å²) in [4.78, 5) is 14.1. The van der Waals surface area contributed by atoms with Crippen LogP contribution in [0, 0.1) is 5.41 Å². The van der Waals surface area contributed by atoms with Gasteiger partial charge >= 0.3 is 0 Å². The molecule has 0 spiro atoms. The minimum absolute atomic E-state index is 0.0986. The topological polar surface area (TPSA) is 75.6 Å². The first-order valence-corrected chi connectivity index (χ1v) is 8.88. The van der Waals surface area contributed by atoms with Gasteiger partial charge in [0.05, 0.1) is 4.90 Å². The SMILES string of the molecule is CCc1ccc(S(=O)(=O)N/N=C2\CC(=O)CC(C)(C)C2)cc1. The molecule has 22 heavy (non-hydrogen) atoms. The standard InChI is InChI=1S/C16H22N2O3S/c1-4-12-5-7-15(8-6-12)22(20,21)18-17-13-9-14(19)11-16(2,3)10-13/h5-8,18H,4,9-11H2,1-3H3/b17-13+. The molecule has 1 fully saturated rings. The third-order valence-corrected chi connectivity index (χ3v) is 4.95. The normalized spacial score (nSPS) is 20.1. The summed E-state index contributed by atoms with van der Waals surface area (Å²) < 4.78 is 24.4. The summed E-state index contributed by atoms with van der Waals surface area (Å²) in [6.45, 7) is 5.98. The summed E-state index contributed by atoms with van der Waals surface area (Å²) in [6, 6.07) is 6.71. The third kappa shape index (κ3) is 4.16. The summed E-state index contributed by atoms with van der Waals surface area (Å²) in [5.74, 6) is 0.0986. The molecule has 2 rings (SSSR count). The Labute approximate surface area is 131 Å². The number of carbonyl (C=O) groups is 1. The number of nitrogens with zero attached hydrogens (tertiary/aromatic N) is 1. The van der Waals surface area contributed by atoms with Crippen molar-refractivity contribution in [1.29, 1.82) is 0 Å². The second-order valence-corrected chi connectivity index (χ2v) is 8.16. The third-order valence-electron chi connectivity index (χ3n) is 3.73. The van der Waals surface area contributed by atoms with Crippen molar-refractivity contribution in [3.05, 3.63) is 29.8 Å². The molecule has 1 aromatic carbocycles. The van der Waals surface area contributed by atoms with E-state index in [4.69, 9.17) is 0 Å². The van der Waals surface area contributed by atoms with E-state index in [1.807, 2.05) is 20.8 Å². The summed E-state index contributed by atoms with van der Waals surface area (Å²) >= 11 is 0. The Bertz CT molecular complexity index is 689. The predicted octanol–water partition coefficient (Wildman–Crippen LogP) is 2.66. The van der Waals surface area contributed by atoms with Crippen LogP contribution in [0.25, 0.3) is 0 Å². The van der Waals surface area contributed by atoms with Crippen LogP contribution in [-0.4, -0.2) is 19.9 Å². The lowest BCUT2D eigenvalue weighted by molar-refractivity contribution is -0.120. The second-order valence-electron chi connectivity index (χ2n) is 6.50. The van der Waals surface area contributed by atoms with E-state index in [9.17, 15) is 13.2 Å². The zero-order valence-electron chi connectivity index (χ0n) is 13.2. The maximum Gasteiger partial charge on any atom is 0.276 e. The van der Waals surface area contributed by atoms with Gasteiger partial charge in [-0.25, -0.2) is 4.83 Å². The van der Waals surface area contributed by atoms with Gasteiger partial charge in [0.15, 0.2) is 0 Å². The van der Waals surface area contributed by atoms with Crippen molar-refractivity contribution in [2.45, 2.75) is 51.3 Å². The van der Waals surface area contributed by atoms with Gasteiger partial charge in [0, 0.05) is 18.6 Å². The lowest BCUT2D eigenvalue weighted by Crippen LogP contribution is -2.31. The number of hydrogen-bond donors (Lipinski definition) is 1. The highest BCUT2D eigenvalue weighted by molar-refractivity contribution is 7.89. The van der Waals surface area contributed by atoms with Gasteiger partial charge in [-0.2, -0.15) is 13.5 Å². The number of carbonyl (C=O) groups excluding carboxylic acids is 1. The Morgan fingerprint density at radius 1 is 1.18 bits per heavy atom. The van der Waals surface area contributed by atoms with Gasteiger partial charge < -0.3 is 0 Å². The Morgan fingerprint density at radius 2 is 1.82 bits per heavy atom. The fourth-order valence-electron chi connectivity index (χ4n) is 2.66. The molecule has 1 N–H and O–H groups in total. The van der Waals surface area contributed by atoms with Crippen LogP contribution in [-0.2, 0) is 21.2 Å². The van der Waals surface area contributed by atoms with Gasteiger partial charge in [-0.05, 0) is 36.0 Å². The van der Waals surface area contributed by atoms with Gasteiger partial charge in [-0.1, -0.05) is 32.9 Å². The van der Waals surface area contributed by atoms with Crippen LogP contribution in [0.1, 0.15) is 45.6 Å².